The minimum Gasteiger partial charge on any atom is -0.481 e. The number of aliphatic carboxylic acids is 1. The van der Waals surface area contributed by atoms with Crippen molar-refractivity contribution in [2.24, 2.45) is 5.92 Å². The van der Waals surface area contributed by atoms with Crippen LogP contribution in [0.2, 0.25) is 0 Å². The van der Waals surface area contributed by atoms with Crippen molar-refractivity contribution >= 4 is 40.6 Å². The summed E-state index contributed by atoms with van der Waals surface area (Å²) >= 11 is 0. The molecule has 1 saturated heterocycles. The van der Waals surface area contributed by atoms with E-state index in [0.29, 0.717) is 64.7 Å². The molecule has 17 nitrogen and oxygen atoms in total. The number of rotatable bonds is 23. The summed E-state index contributed by atoms with van der Waals surface area (Å²) in [5.74, 6) is -0.857. The fourth-order valence-corrected chi connectivity index (χ4v) is 6.80. The number of nitrogen functional groups attached to an aromatic ring is 1. The highest BCUT2D eigenvalue weighted by Crippen LogP contribution is 2.25. The summed E-state index contributed by atoms with van der Waals surface area (Å²) in [6.07, 6.45) is 7.27. The molecule has 1 aliphatic rings. The first-order valence-electron chi connectivity index (χ1n) is 20.0. The Bertz CT molecular complexity index is 1920. The molecule has 0 bridgehead atoms. The van der Waals surface area contributed by atoms with Crippen LogP contribution < -0.4 is 16.4 Å². The number of aromatic nitrogens is 6. The van der Waals surface area contributed by atoms with Gasteiger partial charge in [-0.15, -0.1) is 5.10 Å². The zero-order chi connectivity index (χ0) is 40.7. The van der Waals surface area contributed by atoms with Crippen LogP contribution in [0.15, 0.2) is 36.7 Å². The van der Waals surface area contributed by atoms with Crippen molar-refractivity contribution < 1.29 is 29.0 Å². The van der Waals surface area contributed by atoms with E-state index in [9.17, 15) is 14.4 Å². The van der Waals surface area contributed by atoms with Crippen molar-refractivity contribution in [3.8, 4) is 0 Å². The van der Waals surface area contributed by atoms with Gasteiger partial charge in [-0.25, -0.2) is 9.67 Å². The summed E-state index contributed by atoms with van der Waals surface area (Å²) in [5, 5.41) is 23.3. The lowest BCUT2D eigenvalue weighted by Gasteiger charge is -2.35. The second kappa shape index (κ2) is 21.4. The van der Waals surface area contributed by atoms with Crippen LogP contribution in [0.3, 0.4) is 0 Å². The molecule has 17 heteroatoms. The quantitative estimate of drug-likeness (QED) is 0.0794. The summed E-state index contributed by atoms with van der Waals surface area (Å²) in [4.78, 5) is 49.2. The van der Waals surface area contributed by atoms with E-state index in [2.05, 4.69) is 78.6 Å². The van der Waals surface area contributed by atoms with Crippen molar-refractivity contribution in [3.05, 3.63) is 59.0 Å². The lowest BCUT2D eigenvalue weighted by atomic mass is 10.0. The molecule has 4 aromatic rings. The van der Waals surface area contributed by atoms with E-state index in [1.807, 2.05) is 11.0 Å². The van der Waals surface area contributed by atoms with E-state index in [4.69, 9.17) is 20.3 Å². The van der Waals surface area contributed by atoms with Gasteiger partial charge in [0, 0.05) is 57.9 Å². The number of fused-ring (bicyclic) bond motifs is 1. The second-order valence-corrected chi connectivity index (χ2v) is 14.8. The summed E-state index contributed by atoms with van der Waals surface area (Å²) in [5.41, 5.74) is 12.1. The van der Waals surface area contributed by atoms with Crippen molar-refractivity contribution in [1.82, 2.24) is 44.6 Å². The molecular weight excluding hydrogens is 731 g/mol. The molecular formula is C40H59N11O6. The number of nitrogens with two attached hydrogens (primary N) is 1. The highest BCUT2D eigenvalue weighted by molar-refractivity contribution is 5.87. The number of unbranched alkanes of at least 4 members (excludes halogenated alkanes) is 2. The third kappa shape index (κ3) is 12.9. The molecule has 57 heavy (non-hydrogen) atoms. The number of piperazine rings is 1. The number of aryl methyl sites for hydroxylation is 1. The Labute approximate surface area is 334 Å². The number of nitrogens with zero attached hydrogens (tertiary/aromatic N) is 8. The Morgan fingerprint density at radius 1 is 0.982 bits per heavy atom. The van der Waals surface area contributed by atoms with Gasteiger partial charge in [-0.1, -0.05) is 50.1 Å². The maximum absolute atomic E-state index is 12.9. The van der Waals surface area contributed by atoms with Crippen molar-refractivity contribution in [2.75, 3.05) is 70.2 Å². The number of carbonyl (C=O) groups excluding carboxylic acids is 2. The van der Waals surface area contributed by atoms with Gasteiger partial charge in [0.1, 0.15) is 11.2 Å². The number of carbonyl (C=O) groups is 3. The molecule has 1 aliphatic heterocycles. The fourth-order valence-electron chi connectivity index (χ4n) is 6.80. The van der Waals surface area contributed by atoms with Gasteiger partial charge >= 0.3 is 5.97 Å². The Kier molecular flexibility index (Phi) is 16.2. The topological polar surface area (TPSA) is 208 Å². The monoisotopic (exact) mass is 789 g/mol. The Hall–Kier alpha value is -5.13. The molecule has 4 heterocycles. The number of ether oxygens (including phenoxy) is 2. The largest absolute Gasteiger partial charge is 0.481 e. The lowest BCUT2D eigenvalue weighted by molar-refractivity contribution is -0.141. The molecule has 0 radical (unpaired) electrons. The average molecular weight is 790 g/mol. The van der Waals surface area contributed by atoms with Crippen LogP contribution in [0.4, 0.5) is 11.8 Å². The van der Waals surface area contributed by atoms with Crippen LogP contribution >= 0.6 is 0 Å². The van der Waals surface area contributed by atoms with Gasteiger partial charge in [-0.3, -0.25) is 19.3 Å². The van der Waals surface area contributed by atoms with Gasteiger partial charge in [0.2, 0.25) is 17.8 Å². The maximum Gasteiger partial charge on any atom is 0.304 e. The minimum atomic E-state index is -1.02. The van der Waals surface area contributed by atoms with Gasteiger partial charge < -0.3 is 40.4 Å². The summed E-state index contributed by atoms with van der Waals surface area (Å²) in [7, 11) is 0. The summed E-state index contributed by atoms with van der Waals surface area (Å²) in [6.45, 7) is 15.1. The Morgan fingerprint density at radius 3 is 2.49 bits per heavy atom. The number of hydrogen-bond acceptors (Lipinski definition) is 12. The second-order valence-electron chi connectivity index (χ2n) is 14.8. The van der Waals surface area contributed by atoms with Crippen LogP contribution in [0.25, 0.3) is 11.0 Å². The van der Waals surface area contributed by atoms with Gasteiger partial charge in [-0.2, -0.15) is 4.98 Å². The molecule has 310 valence electrons. The maximum atomic E-state index is 12.9. The first-order valence-corrected chi connectivity index (χ1v) is 20.0. The first-order chi connectivity index (χ1) is 27.5. The minimum absolute atomic E-state index is 0.101. The molecule has 0 aliphatic carbocycles. The van der Waals surface area contributed by atoms with Gasteiger partial charge in [0.25, 0.3) is 0 Å². The SMILES string of the molecule is CCCCCNc1nc(N)nc2ccn(Cc3ccc(CN4CCN(C(=O)CCOCCOCCn5cc(C(C)NC(=O)C(C)CC(=O)O)nn5)CC4)cc3C)c12. The highest BCUT2D eigenvalue weighted by Gasteiger charge is 2.22. The predicted molar refractivity (Wildman–Crippen MR) is 216 cm³/mol. The van der Waals surface area contributed by atoms with Crippen molar-refractivity contribution in [1.29, 1.82) is 0 Å². The summed E-state index contributed by atoms with van der Waals surface area (Å²) in [6, 6.07) is 8.27. The third-order valence-electron chi connectivity index (χ3n) is 10.2. The lowest BCUT2D eigenvalue weighted by Crippen LogP contribution is -2.48. The normalized spacial score (nSPS) is 14.5. The molecule has 0 saturated carbocycles. The van der Waals surface area contributed by atoms with Crippen molar-refractivity contribution in [2.45, 2.75) is 85.5 Å². The van der Waals surface area contributed by atoms with Crippen molar-refractivity contribution in [3.63, 3.8) is 0 Å². The zero-order valence-corrected chi connectivity index (χ0v) is 33.8. The number of carboxylic acid groups (broad SMARTS) is 1. The molecule has 5 N–H and O–H groups in total. The molecule has 1 aromatic carbocycles. The molecule has 2 amide bonds. The van der Waals surface area contributed by atoms with Crippen LogP contribution in [-0.2, 0) is 43.5 Å². The molecule has 0 spiro atoms. The number of benzene rings is 1. The standard InChI is InChI=1S/C40H59N11O6/c1-5-6-7-12-42-38-37-33(44-40(41)45-38)10-13-50(37)26-32-9-8-31(23-28(32)2)25-48-14-16-49(17-15-48)35(52)11-19-56-21-22-57-20-18-51-27-34(46-47-51)30(4)43-39(55)29(3)24-36(53)54/h8-10,13,23,27,29-30H,5-7,11-12,14-22,24-26H2,1-4H3,(H,43,55)(H,53,54)(H3,41,42,44,45). The molecule has 2 atom stereocenters. The Balaban J connectivity index is 0.951. The van der Waals surface area contributed by atoms with Gasteiger partial charge in [0.05, 0.1) is 63.6 Å². The van der Waals surface area contributed by atoms with E-state index >= 15 is 0 Å². The number of carboxylic acids is 1. The molecule has 1 fully saturated rings. The summed E-state index contributed by atoms with van der Waals surface area (Å²) < 4.78 is 15.1. The van der Waals surface area contributed by atoms with E-state index < -0.39 is 17.9 Å². The smallest absolute Gasteiger partial charge is 0.304 e. The van der Waals surface area contributed by atoms with E-state index in [0.717, 1.165) is 62.3 Å². The third-order valence-corrected chi connectivity index (χ3v) is 10.2. The molecule has 2 unspecified atom stereocenters. The number of anilines is 2. The number of amides is 2. The number of nitrogens with one attached hydrogen (secondary N) is 2. The van der Waals surface area contributed by atoms with Crippen LogP contribution in [0.5, 0.6) is 0 Å². The van der Waals surface area contributed by atoms with Crippen LogP contribution in [-0.4, -0.2) is 121 Å². The zero-order valence-electron chi connectivity index (χ0n) is 33.8. The Morgan fingerprint density at radius 2 is 1.75 bits per heavy atom. The van der Waals surface area contributed by atoms with Crippen LogP contribution in [0.1, 0.15) is 81.3 Å². The predicted octanol–water partition coefficient (Wildman–Crippen LogP) is 3.62. The first kappa shape index (κ1) is 43.0. The van der Waals surface area contributed by atoms with Crippen LogP contribution in [0, 0.1) is 12.8 Å². The van der Waals surface area contributed by atoms with E-state index in [-0.39, 0.29) is 24.2 Å². The van der Waals surface area contributed by atoms with E-state index in [1.165, 1.54) is 16.7 Å². The molecule has 3 aromatic heterocycles. The number of hydrogen-bond donors (Lipinski definition) is 4. The molecule has 5 rings (SSSR count). The average Bonchev–Trinajstić information content (AvgIpc) is 3.82. The fraction of sp³-hybridized carbons (Fsp3) is 0.575. The highest BCUT2D eigenvalue weighted by atomic mass is 16.5. The van der Waals surface area contributed by atoms with E-state index in [1.54, 1.807) is 24.7 Å². The van der Waals surface area contributed by atoms with Gasteiger partial charge in [-0.05, 0) is 43.0 Å². The van der Waals surface area contributed by atoms with Gasteiger partial charge in [0.15, 0.2) is 5.82 Å².